The van der Waals surface area contributed by atoms with Gasteiger partial charge in [0.15, 0.2) is 5.75 Å². The Morgan fingerprint density at radius 3 is 2.33 bits per heavy atom. The van der Waals surface area contributed by atoms with Crippen LogP contribution in [-0.2, 0) is 4.74 Å². The van der Waals surface area contributed by atoms with Crippen LogP contribution in [0.5, 0.6) is 5.75 Å². The summed E-state index contributed by atoms with van der Waals surface area (Å²) >= 11 is 0. The van der Waals surface area contributed by atoms with E-state index in [1.165, 1.54) is 12.1 Å². The number of carbonyl (C=O) groups is 1. The number of phenols is 1. The molecule has 9 nitrogen and oxygen atoms in total. The second kappa shape index (κ2) is 9.07. The summed E-state index contributed by atoms with van der Waals surface area (Å²) in [7, 11) is 0. The standard InChI is InChI=1S/C21H32N4O5/c1-21(2,3)30-20(27)24-8-6-16(7-9-24)15-22-10-12-23(13-11-22)17-4-5-18(25(28)29)19(26)14-17/h4-5,14,16,26H,6-13,15H2,1-3H3. The number of amides is 1. The van der Waals surface area contributed by atoms with Crippen molar-refractivity contribution >= 4 is 17.5 Å². The molecule has 1 aromatic carbocycles. The number of benzene rings is 1. The summed E-state index contributed by atoms with van der Waals surface area (Å²) in [6, 6.07) is 4.52. The van der Waals surface area contributed by atoms with Crippen molar-refractivity contribution in [3.8, 4) is 5.75 Å². The molecule has 2 heterocycles. The molecule has 3 rings (SSSR count). The fraction of sp³-hybridized carbons (Fsp3) is 0.667. The Morgan fingerprint density at radius 2 is 1.80 bits per heavy atom. The molecule has 2 saturated heterocycles. The van der Waals surface area contributed by atoms with Crippen molar-refractivity contribution in [2.75, 3.05) is 50.7 Å². The average Bonchev–Trinajstić information content (AvgIpc) is 2.67. The van der Waals surface area contributed by atoms with Gasteiger partial charge in [-0.1, -0.05) is 0 Å². The summed E-state index contributed by atoms with van der Waals surface area (Å²) in [5.41, 5.74) is 0.0761. The van der Waals surface area contributed by atoms with Crippen LogP contribution >= 0.6 is 0 Å². The zero-order chi connectivity index (χ0) is 21.9. The van der Waals surface area contributed by atoms with Gasteiger partial charge in [0.05, 0.1) is 4.92 Å². The highest BCUT2D eigenvalue weighted by Gasteiger charge is 2.28. The van der Waals surface area contributed by atoms with E-state index in [2.05, 4.69) is 9.80 Å². The molecule has 0 bridgehead atoms. The van der Waals surface area contributed by atoms with Crippen molar-refractivity contribution in [3.05, 3.63) is 28.3 Å². The molecule has 30 heavy (non-hydrogen) atoms. The second-order valence-electron chi connectivity index (χ2n) is 9.13. The third-order valence-electron chi connectivity index (χ3n) is 5.68. The summed E-state index contributed by atoms with van der Waals surface area (Å²) < 4.78 is 5.46. The van der Waals surface area contributed by atoms with Crippen LogP contribution in [0.3, 0.4) is 0 Å². The topological polar surface area (TPSA) is 99.4 Å². The van der Waals surface area contributed by atoms with Crippen molar-refractivity contribution in [2.45, 2.75) is 39.2 Å². The van der Waals surface area contributed by atoms with Gasteiger partial charge in [0.1, 0.15) is 5.60 Å². The molecule has 0 atom stereocenters. The number of nitrogens with zero attached hydrogens (tertiary/aromatic N) is 4. The number of carbonyl (C=O) groups excluding carboxylic acids is 1. The normalized spacial score (nSPS) is 19.0. The third kappa shape index (κ3) is 5.75. The minimum atomic E-state index is -0.578. The Balaban J connectivity index is 1.43. The fourth-order valence-electron chi connectivity index (χ4n) is 4.04. The van der Waals surface area contributed by atoms with E-state index in [1.54, 1.807) is 11.0 Å². The van der Waals surface area contributed by atoms with E-state index in [0.717, 1.165) is 64.3 Å². The number of phenolic OH excluding ortho intramolecular Hbond substituents is 1. The lowest BCUT2D eigenvalue weighted by Gasteiger charge is -2.39. The van der Waals surface area contributed by atoms with E-state index < -0.39 is 10.5 Å². The van der Waals surface area contributed by atoms with Gasteiger partial charge in [0.2, 0.25) is 0 Å². The van der Waals surface area contributed by atoms with Crippen LogP contribution in [0.25, 0.3) is 0 Å². The van der Waals surface area contributed by atoms with E-state index in [1.807, 2.05) is 20.8 Å². The fourth-order valence-corrected chi connectivity index (χ4v) is 4.04. The van der Waals surface area contributed by atoms with Gasteiger partial charge < -0.3 is 19.6 Å². The number of nitro benzene ring substituents is 1. The molecule has 0 saturated carbocycles. The molecule has 1 aromatic rings. The Kier molecular flexibility index (Phi) is 6.70. The Hall–Kier alpha value is -2.55. The third-order valence-corrected chi connectivity index (χ3v) is 5.68. The molecule has 1 amide bonds. The summed E-state index contributed by atoms with van der Waals surface area (Å²) in [5.74, 6) is 0.273. The van der Waals surface area contributed by atoms with Crippen LogP contribution in [0.15, 0.2) is 18.2 Å². The van der Waals surface area contributed by atoms with E-state index in [0.29, 0.717) is 5.92 Å². The lowest BCUT2D eigenvalue weighted by Crippen LogP contribution is -2.49. The molecule has 2 aliphatic heterocycles. The molecule has 2 fully saturated rings. The molecule has 0 unspecified atom stereocenters. The molecule has 1 N–H and O–H groups in total. The van der Waals surface area contributed by atoms with Crippen LogP contribution < -0.4 is 4.90 Å². The summed E-state index contributed by atoms with van der Waals surface area (Å²) in [4.78, 5) is 28.9. The van der Waals surface area contributed by atoms with E-state index in [9.17, 15) is 20.0 Å². The van der Waals surface area contributed by atoms with Crippen molar-refractivity contribution in [3.63, 3.8) is 0 Å². The number of rotatable bonds is 4. The maximum Gasteiger partial charge on any atom is 0.410 e. The maximum atomic E-state index is 12.2. The number of hydrogen-bond donors (Lipinski definition) is 1. The van der Waals surface area contributed by atoms with Crippen molar-refractivity contribution < 1.29 is 19.6 Å². The second-order valence-corrected chi connectivity index (χ2v) is 9.13. The molecular formula is C21H32N4O5. The van der Waals surface area contributed by atoms with Crippen LogP contribution in [0, 0.1) is 16.0 Å². The molecule has 2 aliphatic rings. The Labute approximate surface area is 177 Å². The van der Waals surface area contributed by atoms with Crippen molar-refractivity contribution in [1.29, 1.82) is 0 Å². The number of anilines is 1. The number of piperidine rings is 1. The van der Waals surface area contributed by atoms with Gasteiger partial charge in [0.25, 0.3) is 0 Å². The van der Waals surface area contributed by atoms with Crippen LogP contribution in [-0.4, -0.2) is 77.3 Å². The zero-order valence-corrected chi connectivity index (χ0v) is 18.0. The SMILES string of the molecule is CC(C)(C)OC(=O)N1CCC(CN2CCN(c3ccc([N+](=O)[O-])c(O)c3)CC2)CC1. The smallest absolute Gasteiger partial charge is 0.410 e. The molecule has 166 valence electrons. The Morgan fingerprint density at radius 1 is 1.17 bits per heavy atom. The predicted octanol–water partition coefficient (Wildman–Crippen LogP) is 3.07. The molecular weight excluding hydrogens is 388 g/mol. The van der Waals surface area contributed by atoms with Crippen molar-refractivity contribution in [1.82, 2.24) is 9.80 Å². The molecule has 0 spiro atoms. The first-order valence-corrected chi connectivity index (χ1v) is 10.5. The number of hydrogen-bond acceptors (Lipinski definition) is 7. The first kappa shape index (κ1) is 22.1. The van der Waals surface area contributed by atoms with Gasteiger partial charge in [-0.25, -0.2) is 4.79 Å². The summed E-state index contributed by atoms with van der Waals surface area (Å²) in [6.45, 7) is 11.6. The van der Waals surface area contributed by atoms with E-state index in [4.69, 9.17) is 4.74 Å². The Bertz CT molecular complexity index is 763. The summed E-state index contributed by atoms with van der Waals surface area (Å²) in [5, 5.41) is 20.7. The van der Waals surface area contributed by atoms with Crippen molar-refractivity contribution in [2.24, 2.45) is 5.92 Å². The lowest BCUT2D eigenvalue weighted by molar-refractivity contribution is -0.385. The van der Waals surface area contributed by atoms with Gasteiger partial charge in [-0.3, -0.25) is 15.0 Å². The largest absolute Gasteiger partial charge is 0.502 e. The highest BCUT2D eigenvalue weighted by molar-refractivity contribution is 5.68. The highest BCUT2D eigenvalue weighted by atomic mass is 16.6. The van der Waals surface area contributed by atoms with Crippen LogP contribution in [0.4, 0.5) is 16.2 Å². The van der Waals surface area contributed by atoms with Gasteiger partial charge in [0, 0.05) is 63.6 Å². The maximum absolute atomic E-state index is 12.2. The molecule has 0 radical (unpaired) electrons. The number of piperazine rings is 1. The number of aromatic hydroxyl groups is 1. The minimum absolute atomic E-state index is 0.221. The molecule has 0 aromatic heterocycles. The van der Waals surface area contributed by atoms with Crippen LogP contribution in [0.1, 0.15) is 33.6 Å². The highest BCUT2D eigenvalue weighted by Crippen LogP contribution is 2.31. The number of ether oxygens (including phenoxy) is 1. The quantitative estimate of drug-likeness (QED) is 0.590. The first-order valence-electron chi connectivity index (χ1n) is 10.5. The predicted molar refractivity (Wildman–Crippen MR) is 114 cm³/mol. The molecule has 0 aliphatic carbocycles. The van der Waals surface area contributed by atoms with Gasteiger partial charge in [-0.2, -0.15) is 0 Å². The zero-order valence-electron chi connectivity index (χ0n) is 18.0. The lowest BCUT2D eigenvalue weighted by atomic mass is 9.96. The van der Waals surface area contributed by atoms with E-state index in [-0.39, 0.29) is 17.5 Å². The van der Waals surface area contributed by atoms with Gasteiger partial charge >= 0.3 is 11.8 Å². The minimum Gasteiger partial charge on any atom is -0.502 e. The average molecular weight is 421 g/mol. The monoisotopic (exact) mass is 420 g/mol. The summed E-state index contributed by atoms with van der Waals surface area (Å²) in [6.07, 6.45) is 1.74. The number of likely N-dealkylation sites (tertiary alicyclic amines) is 1. The van der Waals surface area contributed by atoms with Gasteiger partial charge in [-0.05, 0) is 45.6 Å². The van der Waals surface area contributed by atoms with Gasteiger partial charge in [-0.15, -0.1) is 0 Å². The molecule has 9 heteroatoms. The number of nitro groups is 1. The first-order chi connectivity index (χ1) is 14.1. The van der Waals surface area contributed by atoms with E-state index >= 15 is 0 Å². The van der Waals surface area contributed by atoms with Crippen LogP contribution in [0.2, 0.25) is 0 Å².